The van der Waals surface area contributed by atoms with Crippen LogP contribution in [0.4, 0.5) is 0 Å². The summed E-state index contributed by atoms with van der Waals surface area (Å²) in [6, 6.07) is 5.27. The van der Waals surface area contributed by atoms with Crippen molar-refractivity contribution in [3.63, 3.8) is 0 Å². The molecular weight excluding hydrogens is 417 g/mol. The van der Waals surface area contributed by atoms with E-state index in [-0.39, 0.29) is 47.6 Å². The Morgan fingerprint density at radius 3 is 2.23 bits per heavy atom. The molecule has 1 rings (SSSR count). The van der Waals surface area contributed by atoms with E-state index in [4.69, 9.17) is 4.74 Å². The Kier molecular flexibility index (Phi) is 16.2. The zero-order valence-corrected chi connectivity index (χ0v) is 21.0. The normalized spacial score (nSPS) is 10.9. The van der Waals surface area contributed by atoms with E-state index in [2.05, 4.69) is 12.2 Å². The topological polar surface area (TPSA) is 113 Å². The van der Waals surface area contributed by atoms with Gasteiger partial charge < -0.3 is 14.6 Å². The smallest absolute Gasteiger partial charge is 0.744 e. The van der Waals surface area contributed by atoms with Crippen molar-refractivity contribution < 1.29 is 56.9 Å². The number of carbonyl (C=O) groups is 2. The first-order valence-electron chi connectivity index (χ1n) is 10.4. The van der Waals surface area contributed by atoms with Crippen molar-refractivity contribution in [1.29, 1.82) is 0 Å². The van der Waals surface area contributed by atoms with E-state index in [9.17, 15) is 22.6 Å². The third kappa shape index (κ3) is 13.4. The van der Waals surface area contributed by atoms with Gasteiger partial charge >= 0.3 is 35.5 Å². The molecule has 1 aromatic carbocycles. The molecule has 30 heavy (non-hydrogen) atoms. The van der Waals surface area contributed by atoms with Crippen molar-refractivity contribution in [1.82, 2.24) is 5.32 Å². The standard InChI is InChI=1S/C21H33NO6S.Na/c1-2-3-4-5-6-8-15-20(23)22-17-12-7-9-16-21(24)28-18-13-10-11-14-19(18)29(25,26)27;/h10-11,13-14H,2-9,12,15-17H2,1H3,(H,22,23)(H,25,26,27);/q;+1/p-1. The fourth-order valence-corrected chi connectivity index (χ4v) is 3.47. The zero-order valence-electron chi connectivity index (χ0n) is 18.2. The molecule has 0 atom stereocenters. The molecule has 7 nitrogen and oxygen atoms in total. The summed E-state index contributed by atoms with van der Waals surface area (Å²) in [4.78, 5) is 23.0. The van der Waals surface area contributed by atoms with Crippen LogP contribution in [0, 0.1) is 0 Å². The summed E-state index contributed by atoms with van der Waals surface area (Å²) < 4.78 is 38.5. The molecule has 0 unspecified atom stereocenters. The van der Waals surface area contributed by atoms with Crippen LogP contribution in [-0.4, -0.2) is 31.4 Å². The Balaban J connectivity index is 0.00000841. The van der Waals surface area contributed by atoms with Crippen molar-refractivity contribution in [2.45, 2.75) is 82.4 Å². The van der Waals surface area contributed by atoms with Gasteiger partial charge in [-0.2, -0.15) is 0 Å². The van der Waals surface area contributed by atoms with E-state index in [0.29, 0.717) is 19.4 Å². The third-order valence-electron chi connectivity index (χ3n) is 4.48. The van der Waals surface area contributed by atoms with Gasteiger partial charge in [0.1, 0.15) is 15.9 Å². The largest absolute Gasteiger partial charge is 1.00 e. The SMILES string of the molecule is CCCCCCCCC(=O)NCCCCCC(=O)Oc1ccccc1S(=O)(=O)[O-].[Na+]. The van der Waals surface area contributed by atoms with Crippen molar-refractivity contribution in [3.8, 4) is 5.75 Å². The molecule has 1 N–H and O–H groups in total. The number of ether oxygens (including phenoxy) is 1. The monoisotopic (exact) mass is 449 g/mol. The number of benzene rings is 1. The number of amides is 1. The Bertz CT molecular complexity index is 739. The summed E-state index contributed by atoms with van der Waals surface area (Å²) in [5.41, 5.74) is 0. The Morgan fingerprint density at radius 1 is 0.933 bits per heavy atom. The van der Waals surface area contributed by atoms with Crippen LogP contribution < -0.4 is 39.6 Å². The summed E-state index contributed by atoms with van der Waals surface area (Å²) in [5, 5.41) is 2.88. The van der Waals surface area contributed by atoms with E-state index >= 15 is 0 Å². The molecule has 0 radical (unpaired) electrons. The third-order valence-corrected chi connectivity index (χ3v) is 5.36. The molecule has 9 heteroatoms. The molecule has 1 amide bonds. The summed E-state index contributed by atoms with van der Waals surface area (Å²) in [7, 11) is -4.70. The molecule has 0 heterocycles. The van der Waals surface area contributed by atoms with E-state index in [1.165, 1.54) is 43.9 Å². The van der Waals surface area contributed by atoms with Crippen molar-refractivity contribution in [2.24, 2.45) is 0 Å². The first-order chi connectivity index (χ1) is 13.8. The average molecular weight is 450 g/mol. The molecule has 0 aliphatic rings. The predicted molar refractivity (Wildman–Crippen MR) is 110 cm³/mol. The average Bonchev–Trinajstić information content (AvgIpc) is 2.67. The second kappa shape index (κ2) is 16.7. The molecule has 0 bridgehead atoms. The minimum Gasteiger partial charge on any atom is -0.744 e. The quantitative estimate of drug-likeness (QED) is 0.140. The van der Waals surface area contributed by atoms with Gasteiger partial charge in [0, 0.05) is 19.4 Å². The zero-order chi connectivity index (χ0) is 21.5. The second-order valence-electron chi connectivity index (χ2n) is 7.05. The molecule has 0 aliphatic heterocycles. The fourth-order valence-electron chi connectivity index (χ4n) is 2.87. The van der Waals surface area contributed by atoms with Crippen LogP contribution in [0.3, 0.4) is 0 Å². The van der Waals surface area contributed by atoms with Crippen LogP contribution in [0.25, 0.3) is 0 Å². The molecule has 164 valence electrons. The van der Waals surface area contributed by atoms with E-state index in [0.717, 1.165) is 31.7 Å². The Labute approximate surface area is 202 Å². The first-order valence-corrected chi connectivity index (χ1v) is 11.8. The number of hydrogen-bond donors (Lipinski definition) is 1. The summed E-state index contributed by atoms with van der Waals surface area (Å²) in [6.45, 7) is 2.75. The van der Waals surface area contributed by atoms with Crippen LogP contribution >= 0.6 is 0 Å². The van der Waals surface area contributed by atoms with E-state index < -0.39 is 21.0 Å². The molecule has 0 saturated heterocycles. The molecule has 0 fully saturated rings. The molecule has 0 spiro atoms. The van der Waals surface area contributed by atoms with Gasteiger partial charge in [-0.25, -0.2) is 8.42 Å². The summed E-state index contributed by atoms with van der Waals surface area (Å²) in [5.74, 6) is -0.766. The number of esters is 1. The maximum absolute atomic E-state index is 11.9. The number of hydrogen-bond acceptors (Lipinski definition) is 6. The number of para-hydroxylation sites is 1. The van der Waals surface area contributed by atoms with Gasteiger partial charge in [-0.15, -0.1) is 0 Å². The number of rotatable bonds is 15. The minimum absolute atomic E-state index is 0. The molecule has 0 aromatic heterocycles. The van der Waals surface area contributed by atoms with Gasteiger partial charge in [0.05, 0.1) is 4.90 Å². The van der Waals surface area contributed by atoms with Crippen molar-refractivity contribution >= 4 is 22.0 Å². The van der Waals surface area contributed by atoms with Crippen LogP contribution in [-0.2, 0) is 19.7 Å². The summed E-state index contributed by atoms with van der Waals surface area (Å²) in [6.07, 6.45) is 9.60. The van der Waals surface area contributed by atoms with Crippen molar-refractivity contribution in [2.75, 3.05) is 6.54 Å². The molecule has 1 aromatic rings. The van der Waals surface area contributed by atoms with Gasteiger partial charge in [0.15, 0.2) is 0 Å². The molecular formula is C21H32NNaO6S. The van der Waals surface area contributed by atoms with Gasteiger partial charge in [0.25, 0.3) is 0 Å². The van der Waals surface area contributed by atoms with Crippen molar-refractivity contribution in [3.05, 3.63) is 24.3 Å². The fraction of sp³-hybridized carbons (Fsp3) is 0.619. The number of carbonyl (C=O) groups excluding carboxylic acids is 2. The van der Waals surface area contributed by atoms with Gasteiger partial charge in [-0.3, -0.25) is 9.59 Å². The van der Waals surface area contributed by atoms with Gasteiger partial charge in [-0.1, -0.05) is 57.6 Å². The Morgan fingerprint density at radius 2 is 1.53 bits per heavy atom. The van der Waals surface area contributed by atoms with Crippen LogP contribution in [0.1, 0.15) is 77.6 Å². The number of unbranched alkanes of at least 4 members (excludes halogenated alkanes) is 7. The molecule has 0 saturated carbocycles. The first kappa shape index (κ1) is 29.1. The van der Waals surface area contributed by atoms with Gasteiger partial charge in [0.2, 0.25) is 5.91 Å². The van der Waals surface area contributed by atoms with Crippen LogP contribution in [0.5, 0.6) is 5.75 Å². The number of nitrogens with one attached hydrogen (secondary N) is 1. The van der Waals surface area contributed by atoms with Crippen LogP contribution in [0.15, 0.2) is 29.2 Å². The Hall–Kier alpha value is -0.930. The summed E-state index contributed by atoms with van der Waals surface area (Å²) >= 11 is 0. The maximum atomic E-state index is 11.9. The van der Waals surface area contributed by atoms with E-state index in [1.807, 2.05) is 0 Å². The van der Waals surface area contributed by atoms with E-state index in [1.54, 1.807) is 0 Å². The maximum Gasteiger partial charge on any atom is 1.00 e. The predicted octanol–water partition coefficient (Wildman–Crippen LogP) is 0.927. The molecule has 0 aliphatic carbocycles. The minimum atomic E-state index is -4.70. The second-order valence-corrected chi connectivity index (χ2v) is 8.40. The van der Waals surface area contributed by atoms with Crippen LogP contribution in [0.2, 0.25) is 0 Å². The van der Waals surface area contributed by atoms with Gasteiger partial charge in [-0.05, 0) is 31.4 Å².